The second-order valence-electron chi connectivity index (χ2n) is 6.37. The van der Waals surface area contributed by atoms with Gasteiger partial charge in [-0.1, -0.05) is 23.7 Å². The minimum Gasteiger partial charge on any atom is -0.493 e. The molecule has 0 bridgehead atoms. The van der Waals surface area contributed by atoms with Crippen molar-refractivity contribution < 1.29 is 14.3 Å². The Morgan fingerprint density at radius 2 is 2.07 bits per heavy atom. The maximum Gasteiger partial charge on any atom is 0.254 e. The van der Waals surface area contributed by atoms with E-state index in [2.05, 4.69) is 6.07 Å². The summed E-state index contributed by atoms with van der Waals surface area (Å²) >= 11 is 7.94. The molecule has 2 aromatic carbocycles. The number of halogens is 1. The number of para-hydroxylation sites is 1. The first kappa shape index (κ1) is 18.1. The number of aromatic nitrogens is 1. The minimum atomic E-state index is -0.0698. The minimum absolute atomic E-state index is 0.0122. The van der Waals surface area contributed by atoms with E-state index in [0.717, 1.165) is 28.1 Å². The van der Waals surface area contributed by atoms with E-state index in [0.29, 0.717) is 28.6 Å². The molecule has 1 amide bonds. The van der Waals surface area contributed by atoms with Crippen molar-refractivity contribution in [1.29, 1.82) is 0 Å². The first-order valence-electron chi connectivity index (χ1n) is 8.70. The van der Waals surface area contributed by atoms with Crippen LogP contribution in [0.4, 0.5) is 0 Å². The fraction of sp³-hybridized carbons (Fsp3) is 0.300. The van der Waals surface area contributed by atoms with Crippen LogP contribution in [0, 0.1) is 0 Å². The molecular formula is C20H19ClN2O3S. The molecule has 1 fully saturated rings. The molecule has 7 heteroatoms. The molecule has 27 heavy (non-hydrogen) atoms. The molecule has 5 nitrogen and oxygen atoms in total. The highest BCUT2D eigenvalue weighted by atomic mass is 35.5. The molecule has 3 aromatic rings. The van der Waals surface area contributed by atoms with E-state index >= 15 is 0 Å². The summed E-state index contributed by atoms with van der Waals surface area (Å²) in [5, 5.41) is 1.34. The van der Waals surface area contributed by atoms with Crippen LogP contribution < -0.4 is 9.47 Å². The summed E-state index contributed by atoms with van der Waals surface area (Å²) in [6.45, 7) is 0.700. The number of amides is 1. The maximum atomic E-state index is 13.2. The summed E-state index contributed by atoms with van der Waals surface area (Å²) in [6, 6.07) is 11.4. The maximum absolute atomic E-state index is 13.2. The number of hydrogen-bond donors (Lipinski definition) is 0. The fourth-order valence-corrected chi connectivity index (χ4v) is 4.91. The quantitative estimate of drug-likeness (QED) is 0.620. The molecule has 0 saturated carbocycles. The molecule has 1 aliphatic heterocycles. The monoisotopic (exact) mass is 402 g/mol. The van der Waals surface area contributed by atoms with Crippen molar-refractivity contribution in [3.8, 4) is 11.5 Å². The number of fused-ring (bicyclic) bond motifs is 1. The number of hydrogen-bond acceptors (Lipinski definition) is 5. The average Bonchev–Trinajstić information content (AvgIpc) is 3.33. The van der Waals surface area contributed by atoms with Gasteiger partial charge in [-0.25, -0.2) is 4.98 Å². The summed E-state index contributed by atoms with van der Waals surface area (Å²) < 4.78 is 11.7. The Hall–Kier alpha value is -2.31. The van der Waals surface area contributed by atoms with Crippen molar-refractivity contribution in [3.63, 3.8) is 0 Å². The Morgan fingerprint density at radius 1 is 1.26 bits per heavy atom. The number of methoxy groups -OCH3 is 2. The molecule has 1 saturated heterocycles. The van der Waals surface area contributed by atoms with E-state index in [1.807, 2.05) is 23.1 Å². The number of carbonyl (C=O) groups is 1. The molecule has 1 aromatic heterocycles. The second kappa shape index (κ2) is 7.37. The van der Waals surface area contributed by atoms with Crippen LogP contribution in [-0.4, -0.2) is 36.6 Å². The van der Waals surface area contributed by atoms with Crippen molar-refractivity contribution in [2.45, 2.75) is 18.9 Å². The van der Waals surface area contributed by atoms with Gasteiger partial charge >= 0.3 is 0 Å². The third-order valence-electron chi connectivity index (χ3n) is 4.79. The lowest BCUT2D eigenvalue weighted by atomic mass is 10.1. The fourth-order valence-electron chi connectivity index (χ4n) is 3.51. The van der Waals surface area contributed by atoms with Crippen LogP contribution in [0.5, 0.6) is 11.5 Å². The molecule has 0 aliphatic carbocycles. The number of carbonyl (C=O) groups excluding carboxylic acids is 1. The van der Waals surface area contributed by atoms with Crippen molar-refractivity contribution in [2.75, 3.05) is 20.8 Å². The Bertz CT molecular complexity index is 971. The van der Waals surface area contributed by atoms with Crippen molar-refractivity contribution in [1.82, 2.24) is 9.88 Å². The van der Waals surface area contributed by atoms with Gasteiger partial charge in [-0.3, -0.25) is 4.79 Å². The third-order valence-corrected chi connectivity index (χ3v) is 6.21. The number of benzene rings is 2. The van der Waals surface area contributed by atoms with Gasteiger partial charge in [0.1, 0.15) is 5.01 Å². The van der Waals surface area contributed by atoms with E-state index < -0.39 is 0 Å². The smallest absolute Gasteiger partial charge is 0.254 e. The van der Waals surface area contributed by atoms with Gasteiger partial charge < -0.3 is 14.4 Å². The predicted molar refractivity (Wildman–Crippen MR) is 107 cm³/mol. The van der Waals surface area contributed by atoms with Gasteiger partial charge in [-0.15, -0.1) is 11.3 Å². The van der Waals surface area contributed by atoms with E-state index in [4.69, 9.17) is 26.1 Å². The Labute approximate surface area is 166 Å². The van der Waals surface area contributed by atoms with Gasteiger partial charge in [0.2, 0.25) is 0 Å². The summed E-state index contributed by atoms with van der Waals surface area (Å²) in [7, 11) is 3.05. The van der Waals surface area contributed by atoms with Crippen molar-refractivity contribution >= 4 is 39.1 Å². The first-order chi connectivity index (χ1) is 13.1. The Balaban J connectivity index is 1.67. The predicted octanol–water partition coefficient (Wildman–Crippen LogP) is 4.94. The zero-order valence-electron chi connectivity index (χ0n) is 15.1. The third kappa shape index (κ3) is 3.24. The normalized spacial score (nSPS) is 16.7. The van der Waals surface area contributed by atoms with Gasteiger partial charge in [-0.2, -0.15) is 0 Å². The van der Waals surface area contributed by atoms with Crippen LogP contribution in [0.1, 0.15) is 34.2 Å². The van der Waals surface area contributed by atoms with Crippen molar-refractivity contribution in [3.05, 3.63) is 52.0 Å². The lowest BCUT2D eigenvalue weighted by molar-refractivity contribution is 0.0735. The molecule has 0 radical (unpaired) electrons. The molecular weight excluding hydrogens is 384 g/mol. The van der Waals surface area contributed by atoms with E-state index in [1.54, 1.807) is 23.5 Å². The van der Waals surface area contributed by atoms with Crippen LogP contribution in [-0.2, 0) is 0 Å². The largest absolute Gasteiger partial charge is 0.493 e. The highest BCUT2D eigenvalue weighted by Crippen LogP contribution is 2.40. The highest BCUT2D eigenvalue weighted by molar-refractivity contribution is 7.18. The topological polar surface area (TPSA) is 51.7 Å². The average molecular weight is 403 g/mol. The van der Waals surface area contributed by atoms with Crippen LogP contribution in [0.25, 0.3) is 10.2 Å². The lowest BCUT2D eigenvalue weighted by Crippen LogP contribution is -2.30. The molecule has 1 atom stereocenters. The Morgan fingerprint density at radius 3 is 2.81 bits per heavy atom. The SMILES string of the molecule is COc1cc(C(=O)N2CCCC2c2nc3ccccc3s2)cc(Cl)c1OC. The van der Waals surface area contributed by atoms with Gasteiger partial charge in [0.05, 0.1) is 35.5 Å². The number of rotatable bonds is 4. The van der Waals surface area contributed by atoms with Gasteiger partial charge in [-0.05, 0) is 37.1 Å². The number of nitrogens with zero attached hydrogens (tertiary/aromatic N) is 2. The van der Waals surface area contributed by atoms with Gasteiger partial charge in [0.25, 0.3) is 5.91 Å². The number of ether oxygens (including phenoxy) is 2. The zero-order chi connectivity index (χ0) is 19.0. The Kier molecular flexibility index (Phi) is 4.93. The molecule has 1 aliphatic rings. The number of thiazole rings is 1. The summed E-state index contributed by atoms with van der Waals surface area (Å²) in [5.74, 6) is 0.809. The lowest BCUT2D eigenvalue weighted by Gasteiger charge is -2.23. The molecule has 1 unspecified atom stereocenters. The van der Waals surface area contributed by atoms with Crippen LogP contribution in [0.3, 0.4) is 0 Å². The summed E-state index contributed by atoms with van der Waals surface area (Å²) in [5.41, 5.74) is 1.47. The highest BCUT2D eigenvalue weighted by Gasteiger charge is 2.33. The molecule has 2 heterocycles. The van der Waals surface area contributed by atoms with Gasteiger partial charge in [0.15, 0.2) is 11.5 Å². The molecule has 4 rings (SSSR count). The standard InChI is InChI=1S/C20H19ClN2O3S/c1-25-16-11-12(10-13(21)18(16)26-2)20(24)23-9-5-7-15(23)19-22-14-6-3-4-8-17(14)27-19/h3-4,6,8,10-11,15H,5,7,9H2,1-2H3. The first-order valence-corrected chi connectivity index (χ1v) is 9.89. The zero-order valence-corrected chi connectivity index (χ0v) is 16.6. The molecule has 140 valence electrons. The van der Waals surface area contributed by atoms with Crippen molar-refractivity contribution in [2.24, 2.45) is 0 Å². The van der Waals surface area contributed by atoms with E-state index in [9.17, 15) is 4.79 Å². The van der Waals surface area contributed by atoms with E-state index in [1.165, 1.54) is 14.2 Å². The van der Waals surface area contributed by atoms with Crippen LogP contribution in [0.2, 0.25) is 5.02 Å². The van der Waals surface area contributed by atoms with Crippen LogP contribution >= 0.6 is 22.9 Å². The van der Waals surface area contributed by atoms with E-state index in [-0.39, 0.29) is 11.9 Å². The molecule has 0 spiro atoms. The summed E-state index contributed by atoms with van der Waals surface area (Å²) in [6.07, 6.45) is 1.86. The van der Waals surface area contributed by atoms with Crippen LogP contribution in [0.15, 0.2) is 36.4 Å². The van der Waals surface area contributed by atoms with Gasteiger partial charge in [0, 0.05) is 12.1 Å². The molecule has 0 N–H and O–H groups in total. The number of likely N-dealkylation sites (tertiary alicyclic amines) is 1. The summed E-state index contributed by atoms with van der Waals surface area (Å²) in [4.78, 5) is 19.9. The second-order valence-corrected chi connectivity index (χ2v) is 7.84.